The van der Waals surface area contributed by atoms with Crippen molar-refractivity contribution >= 4 is 27.1 Å². The number of hydrogen-bond donors (Lipinski definition) is 0. The molecule has 3 heteroatoms. The molecule has 1 aromatic rings. The fourth-order valence-corrected chi connectivity index (χ4v) is 0.657. The molecule has 0 fully saturated rings. The second-order valence-electron chi connectivity index (χ2n) is 1.63. The number of carbonyl (C=O) groups is 1. The maximum Gasteiger partial charge on any atom is 0.209 e. The molecule has 0 spiro atoms. The molecule has 2 radical (unpaired) electrons. The van der Waals surface area contributed by atoms with Gasteiger partial charge in [0, 0.05) is 11.8 Å². The molecule has 0 saturated carbocycles. The summed E-state index contributed by atoms with van der Waals surface area (Å²) in [6, 6.07) is 3.50. The normalized spacial score (nSPS) is 8.89. The first-order valence-corrected chi connectivity index (χ1v) is 3.07. The number of aldehydes is 1. The van der Waals surface area contributed by atoms with Crippen molar-refractivity contribution in [2.45, 2.75) is 0 Å². The molecule has 0 amide bonds. The number of carbonyl (C=O) groups excluding carboxylic acids is 1. The summed E-state index contributed by atoms with van der Waals surface area (Å²) < 4.78 is 0.848. The van der Waals surface area contributed by atoms with E-state index in [1.807, 2.05) is 0 Å². The summed E-state index contributed by atoms with van der Waals surface area (Å²) in [5, 5.41) is 0. The van der Waals surface area contributed by atoms with Crippen LogP contribution in [0.25, 0.3) is 0 Å². The fourth-order valence-electron chi connectivity index (χ4n) is 0.486. The predicted molar refractivity (Wildman–Crippen MR) is 35.0 cm³/mol. The Hall–Kier alpha value is -0.648. The summed E-state index contributed by atoms with van der Waals surface area (Å²) in [5.41, 5.74) is 0.612. The molecule has 0 aromatic carbocycles. The molecule has 0 aliphatic heterocycles. The molecule has 0 aliphatic rings. The molecule has 0 atom stereocenters. The van der Waals surface area contributed by atoms with Gasteiger partial charge in [-0.15, -0.1) is 0 Å². The van der Waals surface area contributed by atoms with Gasteiger partial charge in [0.2, 0.25) is 16.3 Å². The highest BCUT2D eigenvalue weighted by molar-refractivity contribution is 6.30. The standard InChI is InChI=1S/C6H4NO.Al/c8-5-6-2-1-3-7-4-6;/h1-2,4-5H;. The lowest BCUT2D eigenvalue weighted by molar-refractivity contribution is 0.112. The van der Waals surface area contributed by atoms with Crippen LogP contribution in [0.15, 0.2) is 18.3 Å². The van der Waals surface area contributed by atoms with Crippen LogP contribution in [0.2, 0.25) is 0 Å². The first kappa shape index (κ1) is 6.47. The second-order valence-corrected chi connectivity index (χ2v) is 2.23. The summed E-state index contributed by atoms with van der Waals surface area (Å²) in [6.45, 7) is 0. The Morgan fingerprint density at radius 3 is 2.78 bits per heavy atom. The van der Waals surface area contributed by atoms with Crippen molar-refractivity contribution < 1.29 is 4.79 Å². The van der Waals surface area contributed by atoms with E-state index in [1.54, 1.807) is 12.1 Å². The molecular weight excluding hydrogens is 129 g/mol. The van der Waals surface area contributed by atoms with E-state index < -0.39 is 0 Å². The highest BCUT2D eigenvalue weighted by Gasteiger charge is 1.85. The maximum atomic E-state index is 10.1. The molecule has 1 rings (SSSR count). The Morgan fingerprint density at radius 2 is 2.33 bits per heavy atom. The largest absolute Gasteiger partial charge is 0.298 e. The number of rotatable bonds is 1. The van der Waals surface area contributed by atoms with Gasteiger partial charge in [0.25, 0.3) is 0 Å². The van der Waals surface area contributed by atoms with E-state index in [9.17, 15) is 4.79 Å². The first-order valence-electron chi connectivity index (χ1n) is 2.49. The van der Waals surface area contributed by atoms with E-state index in [4.69, 9.17) is 0 Å². The lowest BCUT2D eigenvalue weighted by Gasteiger charge is -1.89. The van der Waals surface area contributed by atoms with Gasteiger partial charge in [0.05, 0.1) is 0 Å². The van der Waals surface area contributed by atoms with Gasteiger partial charge in [-0.2, -0.15) is 0 Å². The molecule has 9 heavy (non-hydrogen) atoms. The van der Waals surface area contributed by atoms with Gasteiger partial charge in [-0.05, 0) is 6.07 Å². The van der Waals surface area contributed by atoms with Gasteiger partial charge in [-0.25, -0.2) is 0 Å². The van der Waals surface area contributed by atoms with E-state index in [2.05, 4.69) is 21.3 Å². The van der Waals surface area contributed by atoms with Gasteiger partial charge in [0.15, 0.2) is 6.29 Å². The van der Waals surface area contributed by atoms with Crippen LogP contribution in [-0.4, -0.2) is 27.6 Å². The van der Waals surface area contributed by atoms with Gasteiger partial charge in [-0.3, -0.25) is 9.78 Å². The minimum absolute atomic E-state index is 0.612. The van der Waals surface area contributed by atoms with Crippen LogP contribution < -0.4 is 4.56 Å². The lowest BCUT2D eigenvalue weighted by Crippen LogP contribution is -2.06. The smallest absolute Gasteiger partial charge is 0.209 e. The van der Waals surface area contributed by atoms with Crippen LogP contribution in [-0.2, 0) is 0 Å². The molecule has 0 saturated heterocycles. The zero-order valence-corrected chi connectivity index (χ0v) is 5.90. The van der Waals surface area contributed by atoms with Gasteiger partial charge < -0.3 is 0 Å². The number of nitrogens with zero attached hydrogens (tertiary/aromatic N) is 1. The average molecular weight is 133 g/mol. The van der Waals surface area contributed by atoms with E-state index in [0.717, 1.165) is 10.8 Å². The average Bonchev–Trinajstić information content (AvgIpc) is 1.90. The third kappa shape index (κ3) is 1.63. The third-order valence-corrected chi connectivity index (χ3v) is 1.29. The monoisotopic (exact) mass is 133 g/mol. The van der Waals surface area contributed by atoms with E-state index in [0.29, 0.717) is 5.56 Å². The molecule has 0 bridgehead atoms. The second kappa shape index (κ2) is 2.77. The van der Waals surface area contributed by atoms with Crippen LogP contribution in [0.5, 0.6) is 0 Å². The van der Waals surface area contributed by atoms with Gasteiger partial charge in [-0.1, -0.05) is 10.6 Å². The molecule has 42 valence electrons. The Labute approximate surface area is 61.3 Å². The fraction of sp³-hybridized carbons (Fsp3) is 0. The SMILES string of the molecule is O=Cc1cc[c]([Al])nc1. The maximum absolute atomic E-state index is 10.1. The molecule has 1 aromatic heterocycles. The summed E-state index contributed by atoms with van der Waals surface area (Å²) in [6.07, 6.45) is 2.31. The Morgan fingerprint density at radius 1 is 1.56 bits per heavy atom. The van der Waals surface area contributed by atoms with Crippen molar-refractivity contribution in [2.75, 3.05) is 0 Å². The zero-order valence-electron chi connectivity index (χ0n) is 4.74. The van der Waals surface area contributed by atoms with Crippen LogP contribution in [0.4, 0.5) is 0 Å². The summed E-state index contributed by atoms with van der Waals surface area (Å²) in [4.78, 5) is 14.0. The van der Waals surface area contributed by atoms with Crippen molar-refractivity contribution in [2.24, 2.45) is 0 Å². The number of aromatic nitrogens is 1. The van der Waals surface area contributed by atoms with Crippen LogP contribution >= 0.6 is 0 Å². The first-order chi connectivity index (χ1) is 4.33. The van der Waals surface area contributed by atoms with E-state index >= 15 is 0 Å². The quantitative estimate of drug-likeness (QED) is 0.388. The molecular formula is C6H4AlNO. The number of hydrogen-bond acceptors (Lipinski definition) is 2. The topological polar surface area (TPSA) is 30.0 Å². The van der Waals surface area contributed by atoms with Crippen molar-refractivity contribution in [3.05, 3.63) is 23.9 Å². The van der Waals surface area contributed by atoms with Crippen LogP contribution in [0.3, 0.4) is 0 Å². The summed E-state index contributed by atoms with van der Waals surface area (Å²) in [7, 11) is 0. The lowest BCUT2D eigenvalue weighted by atomic mass is 10.3. The van der Waals surface area contributed by atoms with Crippen LogP contribution in [0.1, 0.15) is 10.4 Å². The van der Waals surface area contributed by atoms with E-state index in [-0.39, 0.29) is 0 Å². The molecule has 0 N–H and O–H groups in total. The predicted octanol–water partition coefficient (Wildman–Crippen LogP) is -0.312. The Balaban J connectivity index is 3.01. The summed E-state index contributed by atoms with van der Waals surface area (Å²) >= 11 is 2.45. The zero-order chi connectivity index (χ0) is 6.69. The Bertz CT molecular complexity index is 207. The molecule has 0 aliphatic carbocycles. The third-order valence-electron chi connectivity index (χ3n) is 0.945. The van der Waals surface area contributed by atoms with E-state index in [1.165, 1.54) is 6.20 Å². The van der Waals surface area contributed by atoms with Crippen molar-refractivity contribution in [1.82, 2.24) is 4.98 Å². The highest BCUT2D eigenvalue weighted by atomic mass is 27.0. The summed E-state index contributed by atoms with van der Waals surface area (Å²) in [5.74, 6) is 0. The molecule has 1 heterocycles. The highest BCUT2D eigenvalue weighted by Crippen LogP contribution is 1.85. The number of pyridine rings is 1. The minimum atomic E-state index is 0.612. The van der Waals surface area contributed by atoms with Crippen molar-refractivity contribution in [3.63, 3.8) is 0 Å². The van der Waals surface area contributed by atoms with Crippen molar-refractivity contribution in [3.8, 4) is 0 Å². The Kier molecular flexibility index (Phi) is 1.99. The molecule has 2 nitrogen and oxygen atoms in total. The van der Waals surface area contributed by atoms with Crippen LogP contribution in [0, 0.1) is 0 Å². The van der Waals surface area contributed by atoms with Gasteiger partial charge in [0.1, 0.15) is 0 Å². The van der Waals surface area contributed by atoms with Gasteiger partial charge >= 0.3 is 0 Å². The molecule has 0 unspecified atom stereocenters. The van der Waals surface area contributed by atoms with Crippen molar-refractivity contribution in [1.29, 1.82) is 0 Å². The minimum Gasteiger partial charge on any atom is -0.298 e.